The molecule has 0 N–H and O–H groups in total. The Hall–Kier alpha value is -1.88. The zero-order chi connectivity index (χ0) is 15.7. The predicted molar refractivity (Wildman–Crippen MR) is 85.1 cm³/mol. The largest absolute Gasteiger partial charge is 0.456 e. The highest BCUT2D eigenvalue weighted by Crippen LogP contribution is 2.21. The van der Waals surface area contributed by atoms with Crippen LogP contribution >= 0.6 is 0 Å². The smallest absolute Gasteiger partial charge is 0.357 e. The monoisotopic (exact) mass is 301 g/mol. The number of piperidine rings is 1. The van der Waals surface area contributed by atoms with E-state index in [4.69, 9.17) is 4.74 Å². The van der Waals surface area contributed by atoms with Gasteiger partial charge in [0.25, 0.3) is 0 Å². The number of carbonyl (C=O) groups is 1. The molecule has 0 aliphatic carbocycles. The summed E-state index contributed by atoms with van der Waals surface area (Å²) in [5.41, 5.74) is 2.01. The molecule has 118 valence electrons. The van der Waals surface area contributed by atoms with Gasteiger partial charge in [-0.2, -0.15) is 0 Å². The SMILES string of the molecule is Cc1nc2ccccn2c1C(=O)OC(C)C1CCCCN1C. The van der Waals surface area contributed by atoms with Crippen molar-refractivity contribution >= 4 is 11.6 Å². The molecular weight excluding hydrogens is 278 g/mol. The van der Waals surface area contributed by atoms with Crippen molar-refractivity contribution in [1.29, 1.82) is 0 Å². The first-order valence-electron chi connectivity index (χ1n) is 7.93. The Balaban J connectivity index is 1.80. The molecule has 0 radical (unpaired) electrons. The van der Waals surface area contributed by atoms with Crippen LogP contribution in [0.3, 0.4) is 0 Å². The van der Waals surface area contributed by atoms with Gasteiger partial charge in [-0.1, -0.05) is 12.5 Å². The number of fused-ring (bicyclic) bond motifs is 1. The number of nitrogens with zero attached hydrogens (tertiary/aromatic N) is 3. The molecule has 0 saturated carbocycles. The number of pyridine rings is 1. The highest BCUT2D eigenvalue weighted by atomic mass is 16.5. The molecular formula is C17H23N3O2. The maximum atomic E-state index is 12.6. The quantitative estimate of drug-likeness (QED) is 0.818. The number of esters is 1. The summed E-state index contributed by atoms with van der Waals surface area (Å²) in [7, 11) is 2.10. The Morgan fingerprint density at radius 3 is 3.00 bits per heavy atom. The van der Waals surface area contributed by atoms with E-state index >= 15 is 0 Å². The van der Waals surface area contributed by atoms with E-state index in [1.807, 2.05) is 38.2 Å². The minimum absolute atomic E-state index is 0.119. The van der Waals surface area contributed by atoms with Gasteiger partial charge in [-0.3, -0.25) is 9.30 Å². The number of ether oxygens (including phenoxy) is 1. The van der Waals surface area contributed by atoms with E-state index in [-0.39, 0.29) is 12.1 Å². The highest BCUT2D eigenvalue weighted by molar-refractivity contribution is 5.90. The third-order valence-corrected chi connectivity index (χ3v) is 4.56. The molecule has 0 bridgehead atoms. The van der Waals surface area contributed by atoms with Crippen molar-refractivity contribution in [3.63, 3.8) is 0 Å². The summed E-state index contributed by atoms with van der Waals surface area (Å²) >= 11 is 0. The minimum Gasteiger partial charge on any atom is -0.456 e. The summed E-state index contributed by atoms with van der Waals surface area (Å²) < 4.78 is 7.55. The summed E-state index contributed by atoms with van der Waals surface area (Å²) in [4.78, 5) is 19.3. The Morgan fingerprint density at radius 2 is 2.23 bits per heavy atom. The van der Waals surface area contributed by atoms with Gasteiger partial charge < -0.3 is 4.74 Å². The molecule has 0 spiro atoms. The van der Waals surface area contributed by atoms with E-state index < -0.39 is 0 Å². The van der Waals surface area contributed by atoms with Crippen LogP contribution in [0.25, 0.3) is 5.65 Å². The summed E-state index contributed by atoms with van der Waals surface area (Å²) in [6.45, 7) is 4.91. The second-order valence-corrected chi connectivity index (χ2v) is 6.13. The highest BCUT2D eigenvalue weighted by Gasteiger charge is 2.29. The molecule has 5 nitrogen and oxygen atoms in total. The van der Waals surface area contributed by atoms with Crippen molar-refractivity contribution in [3.05, 3.63) is 35.8 Å². The third kappa shape index (κ3) is 2.73. The van der Waals surface area contributed by atoms with Crippen LogP contribution in [0.2, 0.25) is 0 Å². The Bertz CT molecular complexity index is 680. The number of carbonyl (C=O) groups excluding carboxylic acids is 1. The summed E-state index contributed by atoms with van der Waals surface area (Å²) in [6.07, 6.45) is 5.23. The lowest BCUT2D eigenvalue weighted by Crippen LogP contribution is -2.45. The minimum atomic E-state index is -0.289. The molecule has 2 aromatic heterocycles. The number of aromatic nitrogens is 2. The molecule has 0 amide bonds. The molecule has 2 aromatic rings. The maximum Gasteiger partial charge on any atom is 0.357 e. The fourth-order valence-electron chi connectivity index (χ4n) is 3.36. The van der Waals surface area contributed by atoms with Crippen molar-refractivity contribution in [2.24, 2.45) is 0 Å². The zero-order valence-electron chi connectivity index (χ0n) is 13.5. The number of hydrogen-bond acceptors (Lipinski definition) is 4. The number of rotatable bonds is 3. The fraction of sp³-hybridized carbons (Fsp3) is 0.529. The molecule has 2 unspecified atom stereocenters. The van der Waals surface area contributed by atoms with Gasteiger partial charge >= 0.3 is 5.97 Å². The Kier molecular flexibility index (Phi) is 4.16. The third-order valence-electron chi connectivity index (χ3n) is 4.56. The van der Waals surface area contributed by atoms with Crippen molar-refractivity contribution in [2.45, 2.75) is 45.3 Å². The summed E-state index contributed by atoms with van der Waals surface area (Å²) in [5, 5.41) is 0. The van der Waals surface area contributed by atoms with Gasteiger partial charge in [0.1, 0.15) is 11.8 Å². The fourth-order valence-corrected chi connectivity index (χ4v) is 3.36. The molecule has 3 rings (SSSR count). The molecule has 1 fully saturated rings. The number of likely N-dealkylation sites (N-methyl/N-ethyl adjacent to an activating group) is 1. The van der Waals surface area contributed by atoms with Gasteiger partial charge in [-0.05, 0) is 52.4 Å². The molecule has 1 aliphatic heterocycles. The van der Waals surface area contributed by atoms with Crippen LogP contribution in [-0.4, -0.2) is 46.0 Å². The van der Waals surface area contributed by atoms with Crippen molar-refractivity contribution in [2.75, 3.05) is 13.6 Å². The lowest BCUT2D eigenvalue weighted by molar-refractivity contribution is 0.000494. The van der Waals surface area contributed by atoms with Gasteiger partial charge in [-0.25, -0.2) is 9.78 Å². The Labute approximate surface area is 130 Å². The number of hydrogen-bond donors (Lipinski definition) is 0. The van der Waals surface area contributed by atoms with E-state index in [1.54, 1.807) is 4.40 Å². The van der Waals surface area contributed by atoms with Crippen LogP contribution in [0.5, 0.6) is 0 Å². The number of imidazole rings is 1. The number of aryl methyl sites for hydroxylation is 1. The average molecular weight is 301 g/mol. The summed E-state index contributed by atoms with van der Waals surface area (Å²) in [5.74, 6) is -0.289. The van der Waals surface area contributed by atoms with Gasteiger partial charge in [0.05, 0.1) is 5.69 Å². The first kappa shape index (κ1) is 15.0. The average Bonchev–Trinajstić information content (AvgIpc) is 2.83. The number of likely N-dealkylation sites (tertiary alicyclic amines) is 1. The summed E-state index contributed by atoms with van der Waals surface area (Å²) in [6, 6.07) is 6.00. The molecule has 1 aliphatic rings. The van der Waals surface area contributed by atoms with Crippen LogP contribution in [-0.2, 0) is 4.74 Å². The van der Waals surface area contributed by atoms with Gasteiger partial charge in [-0.15, -0.1) is 0 Å². The molecule has 3 heterocycles. The van der Waals surface area contributed by atoms with Gasteiger partial charge in [0.2, 0.25) is 0 Å². The van der Waals surface area contributed by atoms with Crippen LogP contribution in [0.1, 0.15) is 42.4 Å². The van der Waals surface area contributed by atoms with E-state index in [1.165, 1.54) is 12.8 Å². The second kappa shape index (κ2) is 6.08. The molecule has 2 atom stereocenters. The molecule has 22 heavy (non-hydrogen) atoms. The lowest BCUT2D eigenvalue weighted by Gasteiger charge is -2.35. The van der Waals surface area contributed by atoms with E-state index in [9.17, 15) is 4.79 Å². The van der Waals surface area contributed by atoms with Crippen molar-refractivity contribution in [1.82, 2.24) is 14.3 Å². The van der Waals surface area contributed by atoms with Crippen LogP contribution in [0, 0.1) is 6.92 Å². The van der Waals surface area contributed by atoms with Crippen molar-refractivity contribution < 1.29 is 9.53 Å². The normalized spacial score (nSPS) is 21.0. The van der Waals surface area contributed by atoms with E-state index in [0.29, 0.717) is 17.4 Å². The first-order valence-corrected chi connectivity index (χ1v) is 7.93. The maximum absolute atomic E-state index is 12.6. The lowest BCUT2D eigenvalue weighted by atomic mass is 9.99. The predicted octanol–water partition coefficient (Wildman–Crippen LogP) is 2.67. The standard InChI is InChI=1S/C17H23N3O2/c1-12-16(20-11-7-5-9-15(20)18-12)17(21)22-13(2)14-8-4-6-10-19(14)3/h5,7,9,11,13-14H,4,6,8,10H2,1-3H3. The topological polar surface area (TPSA) is 46.8 Å². The second-order valence-electron chi connectivity index (χ2n) is 6.13. The van der Waals surface area contributed by atoms with E-state index in [2.05, 4.69) is 16.9 Å². The molecule has 0 aromatic carbocycles. The molecule has 1 saturated heterocycles. The molecule has 5 heteroatoms. The van der Waals surface area contributed by atoms with Crippen LogP contribution < -0.4 is 0 Å². The Morgan fingerprint density at radius 1 is 1.41 bits per heavy atom. The zero-order valence-corrected chi connectivity index (χ0v) is 13.5. The van der Waals surface area contributed by atoms with Crippen LogP contribution in [0.4, 0.5) is 0 Å². The van der Waals surface area contributed by atoms with Crippen molar-refractivity contribution in [3.8, 4) is 0 Å². The van der Waals surface area contributed by atoms with Gasteiger partial charge in [0.15, 0.2) is 5.69 Å². The van der Waals surface area contributed by atoms with E-state index in [0.717, 1.165) is 18.6 Å². The van der Waals surface area contributed by atoms with Gasteiger partial charge in [0, 0.05) is 12.2 Å². The van der Waals surface area contributed by atoms with Crippen LogP contribution in [0.15, 0.2) is 24.4 Å². The first-order chi connectivity index (χ1) is 10.6.